The van der Waals surface area contributed by atoms with Crippen LogP contribution >= 0.6 is 11.3 Å². The zero-order valence-corrected chi connectivity index (χ0v) is 24.1. The molecule has 3 aromatic heterocycles. The predicted octanol–water partition coefficient (Wildman–Crippen LogP) is 11.2. The van der Waals surface area contributed by atoms with Gasteiger partial charge in [-0.05, 0) is 92.2 Å². The lowest BCUT2D eigenvalue weighted by molar-refractivity contribution is 1.33. The minimum absolute atomic E-state index is 1.01. The molecule has 0 atom stereocenters. The van der Waals surface area contributed by atoms with Crippen LogP contribution in [0, 0.1) is 0 Å². The highest BCUT2D eigenvalue weighted by molar-refractivity contribution is 7.18. The van der Waals surface area contributed by atoms with E-state index in [1.54, 1.807) is 0 Å². The minimum Gasteiger partial charge on any atom is -0.265 e. The maximum absolute atomic E-state index is 4.71. The summed E-state index contributed by atoms with van der Waals surface area (Å²) in [4.78, 5) is 11.5. The van der Waals surface area contributed by atoms with Crippen molar-refractivity contribution in [3.63, 3.8) is 0 Å². The van der Waals surface area contributed by atoms with E-state index in [0.29, 0.717) is 0 Å². The summed E-state index contributed by atoms with van der Waals surface area (Å²) in [5.41, 5.74) is 10.5. The van der Waals surface area contributed by atoms with Gasteiger partial charge in [-0.25, -0.2) is 0 Å². The highest BCUT2D eigenvalue weighted by Gasteiger charge is 2.14. The molecule has 0 spiro atoms. The predicted molar refractivity (Wildman–Crippen MR) is 182 cm³/mol. The first-order valence-electron chi connectivity index (χ1n) is 14.4. The Morgan fingerprint density at radius 3 is 2.00 bits per heavy atom. The Labute approximate surface area is 254 Å². The smallest absolute Gasteiger partial charge is 0.0702 e. The molecule has 0 saturated carbocycles. The number of aromatic nitrogens is 2. The number of pyridine rings is 2. The van der Waals surface area contributed by atoms with Gasteiger partial charge in [0.1, 0.15) is 0 Å². The molecular weight excluding hydrogens is 541 g/mol. The third-order valence-electron chi connectivity index (χ3n) is 8.08. The number of thiophene rings is 1. The van der Waals surface area contributed by atoms with E-state index < -0.39 is 0 Å². The Morgan fingerprint density at radius 1 is 0.419 bits per heavy atom. The van der Waals surface area contributed by atoms with Crippen molar-refractivity contribution in [1.29, 1.82) is 0 Å². The molecule has 0 aliphatic rings. The molecule has 0 unspecified atom stereocenters. The molecule has 3 heteroatoms. The van der Waals surface area contributed by atoms with Crippen LogP contribution in [0.25, 0.3) is 75.9 Å². The summed E-state index contributed by atoms with van der Waals surface area (Å²) in [5, 5.41) is 3.69. The first-order valence-corrected chi connectivity index (χ1v) is 15.2. The van der Waals surface area contributed by atoms with Crippen LogP contribution in [0.3, 0.4) is 0 Å². The van der Waals surface area contributed by atoms with Crippen LogP contribution in [-0.4, -0.2) is 9.97 Å². The number of benzene rings is 5. The van der Waals surface area contributed by atoms with Gasteiger partial charge in [0.2, 0.25) is 0 Å². The Kier molecular flexibility index (Phi) is 6.36. The number of nitrogens with zero attached hydrogens (tertiary/aromatic N) is 2. The summed E-state index contributed by atoms with van der Waals surface area (Å²) in [6, 6.07) is 49.9. The molecule has 0 amide bonds. The van der Waals surface area contributed by atoms with Gasteiger partial charge >= 0.3 is 0 Å². The van der Waals surface area contributed by atoms with Crippen molar-refractivity contribution in [3.05, 3.63) is 158 Å². The van der Waals surface area contributed by atoms with E-state index >= 15 is 0 Å². The zero-order valence-electron chi connectivity index (χ0n) is 23.3. The van der Waals surface area contributed by atoms with E-state index in [1.807, 2.05) is 36.0 Å². The van der Waals surface area contributed by atoms with Crippen molar-refractivity contribution in [3.8, 4) is 54.3 Å². The van der Waals surface area contributed by atoms with Gasteiger partial charge in [0.25, 0.3) is 0 Å². The lowest BCUT2D eigenvalue weighted by atomic mass is 9.94. The molecule has 8 rings (SSSR count). The molecule has 0 fully saturated rings. The molecule has 0 radical (unpaired) electrons. The van der Waals surface area contributed by atoms with Crippen molar-refractivity contribution in [2.75, 3.05) is 0 Å². The summed E-state index contributed by atoms with van der Waals surface area (Å²) in [7, 11) is 0. The molecule has 3 heterocycles. The monoisotopic (exact) mass is 566 g/mol. The highest BCUT2D eigenvalue weighted by Crippen LogP contribution is 2.41. The van der Waals surface area contributed by atoms with Crippen LogP contribution in [0.2, 0.25) is 0 Å². The third-order valence-corrected chi connectivity index (χ3v) is 9.24. The highest BCUT2D eigenvalue weighted by atomic mass is 32.1. The van der Waals surface area contributed by atoms with Gasteiger partial charge in [0, 0.05) is 39.3 Å². The first-order chi connectivity index (χ1) is 21.3. The summed E-state index contributed by atoms with van der Waals surface area (Å²) in [6.07, 6.45) is 5.69. The molecule has 0 aliphatic carbocycles. The molecule has 0 bridgehead atoms. The van der Waals surface area contributed by atoms with Crippen LogP contribution < -0.4 is 0 Å². The fraction of sp³-hybridized carbons (Fsp3) is 0. The van der Waals surface area contributed by atoms with E-state index in [0.717, 1.165) is 27.6 Å². The van der Waals surface area contributed by atoms with Crippen LogP contribution in [0.15, 0.2) is 158 Å². The van der Waals surface area contributed by atoms with E-state index in [1.165, 1.54) is 48.3 Å². The second kappa shape index (κ2) is 10.8. The van der Waals surface area contributed by atoms with Crippen molar-refractivity contribution in [2.24, 2.45) is 0 Å². The third kappa shape index (κ3) is 4.80. The molecule has 8 aromatic rings. The van der Waals surface area contributed by atoms with Gasteiger partial charge in [-0.3, -0.25) is 9.97 Å². The standard InChI is InChI=1S/C40H26N2S/c1-3-9-34-27(6-1)8-5-10-35(34)28-12-14-30(15-13-28)39-18-19-40(43-39)36-17-16-31(25-37(36)29-20-22-41-23-21-29)33-24-32-7-2-4-11-38(32)42-26-33/h1-26H. The molecule has 0 saturated heterocycles. The fourth-order valence-corrected chi connectivity index (χ4v) is 6.92. The van der Waals surface area contributed by atoms with Gasteiger partial charge in [0.15, 0.2) is 0 Å². The normalized spacial score (nSPS) is 11.3. The molecule has 0 aliphatic heterocycles. The largest absolute Gasteiger partial charge is 0.265 e. The van der Waals surface area contributed by atoms with Gasteiger partial charge < -0.3 is 0 Å². The van der Waals surface area contributed by atoms with Gasteiger partial charge in [0.05, 0.1) is 5.52 Å². The van der Waals surface area contributed by atoms with E-state index in [2.05, 4.69) is 138 Å². The summed E-state index contributed by atoms with van der Waals surface area (Å²) < 4.78 is 0. The summed E-state index contributed by atoms with van der Waals surface area (Å²) in [5.74, 6) is 0. The minimum atomic E-state index is 1.01. The van der Waals surface area contributed by atoms with Gasteiger partial charge in [-0.15, -0.1) is 11.3 Å². The van der Waals surface area contributed by atoms with E-state index in [4.69, 9.17) is 4.98 Å². The number of hydrogen-bond acceptors (Lipinski definition) is 3. The van der Waals surface area contributed by atoms with E-state index in [9.17, 15) is 0 Å². The van der Waals surface area contributed by atoms with Crippen molar-refractivity contribution < 1.29 is 0 Å². The van der Waals surface area contributed by atoms with Crippen LogP contribution in [0.5, 0.6) is 0 Å². The van der Waals surface area contributed by atoms with Gasteiger partial charge in [-0.1, -0.05) is 97.1 Å². The maximum Gasteiger partial charge on any atom is 0.0702 e. The lowest BCUT2D eigenvalue weighted by Gasteiger charge is -2.12. The molecule has 43 heavy (non-hydrogen) atoms. The zero-order chi connectivity index (χ0) is 28.6. The SMILES string of the molecule is c1ccc2ncc(-c3ccc(-c4ccc(-c5ccc(-c6cccc7ccccc67)cc5)s4)c(-c4ccncc4)c3)cc2c1. The number of para-hydroxylation sites is 1. The first kappa shape index (κ1) is 25.3. The molecule has 202 valence electrons. The molecule has 0 N–H and O–H groups in total. The molecule has 2 nitrogen and oxygen atoms in total. The van der Waals surface area contributed by atoms with Crippen molar-refractivity contribution >= 4 is 33.0 Å². The number of hydrogen-bond donors (Lipinski definition) is 0. The Morgan fingerprint density at radius 2 is 1.12 bits per heavy atom. The van der Waals surface area contributed by atoms with Crippen LogP contribution in [0.4, 0.5) is 0 Å². The summed E-state index contributed by atoms with van der Waals surface area (Å²) in [6.45, 7) is 0. The quantitative estimate of drug-likeness (QED) is 0.207. The van der Waals surface area contributed by atoms with Crippen molar-refractivity contribution in [1.82, 2.24) is 9.97 Å². The van der Waals surface area contributed by atoms with Crippen LogP contribution in [0.1, 0.15) is 0 Å². The Bertz CT molecular complexity index is 2230. The van der Waals surface area contributed by atoms with E-state index in [-0.39, 0.29) is 0 Å². The second-order valence-corrected chi connectivity index (χ2v) is 11.8. The average molecular weight is 567 g/mol. The maximum atomic E-state index is 4.71. The second-order valence-electron chi connectivity index (χ2n) is 10.7. The van der Waals surface area contributed by atoms with Crippen molar-refractivity contribution in [2.45, 2.75) is 0 Å². The lowest BCUT2D eigenvalue weighted by Crippen LogP contribution is -1.88. The molecule has 5 aromatic carbocycles. The fourth-order valence-electron chi connectivity index (χ4n) is 5.87. The number of rotatable bonds is 5. The summed E-state index contributed by atoms with van der Waals surface area (Å²) >= 11 is 1.83. The van der Waals surface area contributed by atoms with Crippen LogP contribution in [-0.2, 0) is 0 Å². The van der Waals surface area contributed by atoms with Gasteiger partial charge in [-0.2, -0.15) is 0 Å². The Hall–Kier alpha value is -5.38. The average Bonchev–Trinajstić information content (AvgIpc) is 3.58. The topological polar surface area (TPSA) is 25.8 Å². The number of fused-ring (bicyclic) bond motifs is 2. The Balaban J connectivity index is 1.16. The molecular formula is C40H26N2S.